The first-order valence-electron chi connectivity index (χ1n) is 6.09. The van der Waals surface area contributed by atoms with E-state index in [9.17, 15) is 9.90 Å². The van der Waals surface area contributed by atoms with Crippen LogP contribution >= 0.6 is 0 Å². The highest BCUT2D eigenvalue weighted by Crippen LogP contribution is 2.22. The van der Waals surface area contributed by atoms with Gasteiger partial charge in [-0.05, 0) is 18.2 Å². The molecule has 3 heterocycles. The number of aromatic carboxylic acids is 1. The molecule has 0 unspecified atom stereocenters. The number of pyridine rings is 1. The zero-order valence-electron chi connectivity index (χ0n) is 10.9. The summed E-state index contributed by atoms with van der Waals surface area (Å²) in [6, 6.07) is 7.23. The average molecular weight is 271 g/mol. The molecule has 3 aromatic heterocycles. The quantitative estimate of drug-likeness (QED) is 0.788. The molecule has 6 nitrogen and oxygen atoms in total. The Morgan fingerprint density at radius 3 is 3.00 bits per heavy atom. The molecule has 3 rings (SSSR count). The molecule has 0 spiro atoms. The van der Waals surface area contributed by atoms with Crippen LogP contribution in [-0.2, 0) is 6.54 Å². The highest BCUT2D eigenvalue weighted by molar-refractivity contribution is 5.93. The van der Waals surface area contributed by atoms with Crippen molar-refractivity contribution in [1.29, 1.82) is 0 Å². The van der Waals surface area contributed by atoms with Crippen LogP contribution < -0.4 is 4.90 Å². The molecule has 1 N–H and O–H groups in total. The fourth-order valence-electron chi connectivity index (χ4n) is 2.18. The molecule has 0 aliphatic heterocycles. The summed E-state index contributed by atoms with van der Waals surface area (Å²) in [6.45, 7) is 0.528. The molecule has 6 heteroatoms. The second-order valence-electron chi connectivity index (χ2n) is 4.51. The van der Waals surface area contributed by atoms with Gasteiger partial charge in [0.15, 0.2) is 11.5 Å². The molecular formula is C14H13N3O3. The second kappa shape index (κ2) is 4.73. The number of carboxylic acids is 1. The molecule has 0 bridgehead atoms. The van der Waals surface area contributed by atoms with E-state index >= 15 is 0 Å². The van der Waals surface area contributed by atoms with Crippen LogP contribution in [-0.4, -0.2) is 27.5 Å². The van der Waals surface area contributed by atoms with Crippen LogP contribution in [0.25, 0.3) is 5.65 Å². The number of carbonyl (C=O) groups is 1. The van der Waals surface area contributed by atoms with Crippen LogP contribution in [0.5, 0.6) is 0 Å². The zero-order chi connectivity index (χ0) is 14.1. The predicted octanol–water partition coefficient (Wildman–Crippen LogP) is 2.26. The maximum absolute atomic E-state index is 11.5. The predicted molar refractivity (Wildman–Crippen MR) is 73.0 cm³/mol. The lowest BCUT2D eigenvalue weighted by molar-refractivity contribution is 0.0690. The summed E-state index contributed by atoms with van der Waals surface area (Å²) in [5, 5.41) is 9.42. The Morgan fingerprint density at radius 2 is 2.30 bits per heavy atom. The Hall–Kier alpha value is -2.76. The third kappa shape index (κ3) is 2.01. The first-order chi connectivity index (χ1) is 9.66. The standard InChI is InChI=1S/C14H13N3O3/c1-16(8-10-5-7-20-9-10)13-12(14(18)19)17-6-3-2-4-11(17)15-13/h2-7,9H,8H2,1H3,(H,18,19). The van der Waals surface area contributed by atoms with E-state index < -0.39 is 5.97 Å². The largest absolute Gasteiger partial charge is 0.476 e. The van der Waals surface area contributed by atoms with Gasteiger partial charge in [-0.1, -0.05) is 6.07 Å². The van der Waals surface area contributed by atoms with Crippen LogP contribution in [0.3, 0.4) is 0 Å². The summed E-state index contributed by atoms with van der Waals surface area (Å²) in [4.78, 5) is 17.7. The Balaban J connectivity index is 2.06. The number of hydrogen-bond donors (Lipinski definition) is 1. The van der Waals surface area contributed by atoms with Gasteiger partial charge in [-0.15, -0.1) is 0 Å². The Kier molecular flexibility index (Phi) is 2.90. The lowest BCUT2D eigenvalue weighted by atomic mass is 10.3. The van der Waals surface area contributed by atoms with Crippen molar-refractivity contribution in [2.75, 3.05) is 11.9 Å². The lowest BCUT2D eigenvalue weighted by Crippen LogP contribution is -2.19. The van der Waals surface area contributed by atoms with E-state index in [0.29, 0.717) is 18.0 Å². The van der Waals surface area contributed by atoms with E-state index in [0.717, 1.165) is 5.56 Å². The van der Waals surface area contributed by atoms with E-state index in [-0.39, 0.29) is 5.69 Å². The van der Waals surface area contributed by atoms with Crippen molar-refractivity contribution < 1.29 is 14.3 Å². The van der Waals surface area contributed by atoms with Crippen LogP contribution in [0.2, 0.25) is 0 Å². The third-order valence-electron chi connectivity index (χ3n) is 3.08. The van der Waals surface area contributed by atoms with Crippen molar-refractivity contribution in [2.24, 2.45) is 0 Å². The molecule has 0 atom stereocenters. The monoisotopic (exact) mass is 271 g/mol. The highest BCUT2D eigenvalue weighted by Gasteiger charge is 2.21. The minimum atomic E-state index is -1.00. The van der Waals surface area contributed by atoms with E-state index in [2.05, 4.69) is 4.98 Å². The second-order valence-corrected chi connectivity index (χ2v) is 4.51. The number of carboxylic acid groups (broad SMARTS) is 1. The molecule has 0 radical (unpaired) electrons. The minimum Gasteiger partial charge on any atom is -0.476 e. The Bertz CT molecular complexity index is 746. The highest BCUT2D eigenvalue weighted by atomic mass is 16.4. The number of hydrogen-bond acceptors (Lipinski definition) is 4. The normalized spacial score (nSPS) is 10.8. The van der Waals surface area contributed by atoms with Gasteiger partial charge in [-0.2, -0.15) is 0 Å². The number of furan rings is 1. The molecule has 0 saturated heterocycles. The van der Waals surface area contributed by atoms with Gasteiger partial charge in [0.1, 0.15) is 5.65 Å². The molecule has 102 valence electrons. The van der Waals surface area contributed by atoms with Crippen LogP contribution in [0, 0.1) is 0 Å². The molecule has 20 heavy (non-hydrogen) atoms. The molecular weight excluding hydrogens is 258 g/mol. The SMILES string of the molecule is CN(Cc1ccoc1)c1nc2ccccn2c1C(=O)O. The van der Waals surface area contributed by atoms with E-state index in [1.807, 2.05) is 12.1 Å². The maximum Gasteiger partial charge on any atom is 0.356 e. The summed E-state index contributed by atoms with van der Waals surface area (Å²) in [6.07, 6.45) is 4.92. The van der Waals surface area contributed by atoms with Crippen LogP contribution in [0.1, 0.15) is 16.1 Å². The van der Waals surface area contributed by atoms with E-state index in [1.54, 1.807) is 47.2 Å². The van der Waals surface area contributed by atoms with Gasteiger partial charge < -0.3 is 14.4 Å². The number of fused-ring (bicyclic) bond motifs is 1. The smallest absolute Gasteiger partial charge is 0.356 e. The van der Waals surface area contributed by atoms with Gasteiger partial charge in [0.2, 0.25) is 0 Å². The average Bonchev–Trinajstić information content (AvgIpc) is 3.04. The molecule has 0 fully saturated rings. The van der Waals surface area contributed by atoms with Crippen molar-refractivity contribution in [3.05, 3.63) is 54.2 Å². The van der Waals surface area contributed by atoms with Gasteiger partial charge in [0, 0.05) is 25.4 Å². The number of nitrogens with zero attached hydrogens (tertiary/aromatic N) is 3. The molecule has 0 aliphatic rings. The van der Waals surface area contributed by atoms with Crippen molar-refractivity contribution in [3.8, 4) is 0 Å². The fraction of sp³-hybridized carbons (Fsp3) is 0.143. The summed E-state index contributed by atoms with van der Waals surface area (Å²) < 4.78 is 6.59. The minimum absolute atomic E-state index is 0.159. The summed E-state index contributed by atoms with van der Waals surface area (Å²) >= 11 is 0. The van der Waals surface area contributed by atoms with Crippen LogP contribution in [0.15, 0.2) is 47.4 Å². The topological polar surface area (TPSA) is 71.0 Å². The van der Waals surface area contributed by atoms with Crippen molar-refractivity contribution in [1.82, 2.24) is 9.38 Å². The van der Waals surface area contributed by atoms with Gasteiger partial charge in [0.05, 0.1) is 12.5 Å². The first-order valence-corrected chi connectivity index (χ1v) is 6.09. The summed E-state index contributed by atoms with van der Waals surface area (Å²) in [7, 11) is 1.81. The molecule has 0 amide bonds. The van der Waals surface area contributed by atoms with Gasteiger partial charge in [0.25, 0.3) is 0 Å². The van der Waals surface area contributed by atoms with E-state index in [1.165, 1.54) is 0 Å². The Labute approximate surface area is 114 Å². The van der Waals surface area contributed by atoms with Gasteiger partial charge in [-0.3, -0.25) is 4.40 Å². The lowest BCUT2D eigenvalue weighted by Gasteiger charge is -2.16. The first kappa shape index (κ1) is 12.3. The van der Waals surface area contributed by atoms with Gasteiger partial charge >= 0.3 is 5.97 Å². The number of aromatic nitrogens is 2. The third-order valence-corrected chi connectivity index (χ3v) is 3.08. The summed E-state index contributed by atoms with van der Waals surface area (Å²) in [5.41, 5.74) is 1.73. The van der Waals surface area contributed by atoms with E-state index in [4.69, 9.17) is 4.42 Å². The molecule has 0 saturated carbocycles. The number of imidazole rings is 1. The fourth-order valence-corrected chi connectivity index (χ4v) is 2.18. The van der Waals surface area contributed by atoms with Gasteiger partial charge in [-0.25, -0.2) is 9.78 Å². The van der Waals surface area contributed by atoms with Crippen molar-refractivity contribution >= 4 is 17.4 Å². The molecule has 0 aliphatic carbocycles. The molecule has 3 aromatic rings. The van der Waals surface area contributed by atoms with Crippen LogP contribution in [0.4, 0.5) is 5.82 Å². The zero-order valence-corrected chi connectivity index (χ0v) is 10.9. The van der Waals surface area contributed by atoms with Crippen molar-refractivity contribution in [3.63, 3.8) is 0 Å². The number of anilines is 1. The maximum atomic E-state index is 11.5. The Morgan fingerprint density at radius 1 is 1.45 bits per heavy atom. The number of rotatable bonds is 4. The summed E-state index contributed by atoms with van der Waals surface area (Å²) in [5.74, 6) is -0.567. The van der Waals surface area contributed by atoms with Crippen molar-refractivity contribution in [2.45, 2.75) is 6.54 Å². The molecule has 0 aromatic carbocycles.